The summed E-state index contributed by atoms with van der Waals surface area (Å²) in [5.41, 5.74) is 0. The van der Waals surface area contributed by atoms with Gasteiger partial charge in [0.05, 0.1) is 0 Å². The fourth-order valence-electron chi connectivity index (χ4n) is 1.60. The number of piperidine rings is 1. The minimum absolute atomic E-state index is 0.823. The first kappa shape index (κ1) is 3.90. The van der Waals surface area contributed by atoms with E-state index >= 15 is 0 Å². The van der Waals surface area contributed by atoms with Crippen LogP contribution in [-0.2, 0) is 0 Å². The molecule has 1 nitrogen and oxygen atoms in total. The molecule has 0 spiro atoms. The fraction of sp³-hybridized carbons (Fsp3) is 1.00. The predicted octanol–water partition coefficient (Wildman–Crippen LogP) is 0.757. The van der Waals surface area contributed by atoms with Crippen molar-refractivity contribution in [2.45, 2.75) is 31.8 Å². The summed E-state index contributed by atoms with van der Waals surface area (Å²) in [4.78, 5) is 0. The van der Waals surface area contributed by atoms with Gasteiger partial charge in [0.25, 0.3) is 0 Å². The maximum atomic E-state index is 3.49. The van der Waals surface area contributed by atoms with E-state index in [4.69, 9.17) is 0 Å². The van der Waals surface area contributed by atoms with Crippen LogP contribution in [0.1, 0.15) is 19.8 Å². The van der Waals surface area contributed by atoms with Crippen LogP contribution in [0.4, 0.5) is 0 Å². The quantitative estimate of drug-likeness (QED) is 0.470. The highest BCUT2D eigenvalue weighted by Crippen LogP contribution is 2.40. The van der Waals surface area contributed by atoms with Gasteiger partial charge in [-0.25, -0.2) is 0 Å². The predicted molar refractivity (Wildman–Crippen MR) is 29.1 cm³/mol. The van der Waals surface area contributed by atoms with Crippen molar-refractivity contribution >= 4 is 0 Å². The van der Waals surface area contributed by atoms with Gasteiger partial charge in [-0.05, 0) is 25.7 Å². The topological polar surface area (TPSA) is 12.0 Å². The Kier molecular flexibility index (Phi) is 0.571. The van der Waals surface area contributed by atoms with Crippen molar-refractivity contribution in [1.29, 1.82) is 0 Å². The van der Waals surface area contributed by atoms with Gasteiger partial charge in [0.1, 0.15) is 0 Å². The summed E-state index contributed by atoms with van der Waals surface area (Å²) in [6, 6.07) is 1.76. The molecule has 1 saturated heterocycles. The summed E-state index contributed by atoms with van der Waals surface area (Å²) in [6.07, 6.45) is 2.90. The maximum absolute atomic E-state index is 3.49. The molecular weight excluding hydrogens is 86.1 g/mol. The monoisotopic (exact) mass is 97.1 g/mol. The average molecular weight is 97.2 g/mol. The molecule has 7 heavy (non-hydrogen) atoms. The third-order valence-corrected chi connectivity index (χ3v) is 2.08. The van der Waals surface area contributed by atoms with Gasteiger partial charge in [-0.3, -0.25) is 0 Å². The molecule has 1 saturated carbocycles. The van der Waals surface area contributed by atoms with E-state index in [0.29, 0.717) is 0 Å². The summed E-state index contributed by atoms with van der Waals surface area (Å²) in [7, 11) is 0. The number of nitrogens with one attached hydrogen (secondary N) is 1. The number of hydrogen-bond donors (Lipinski definition) is 1. The van der Waals surface area contributed by atoms with E-state index in [1.54, 1.807) is 0 Å². The Morgan fingerprint density at radius 1 is 1.43 bits per heavy atom. The Bertz CT molecular complexity index is 80.2. The molecular formula is C6H11N. The van der Waals surface area contributed by atoms with E-state index < -0.39 is 0 Å². The fourth-order valence-corrected chi connectivity index (χ4v) is 1.60. The van der Waals surface area contributed by atoms with Gasteiger partial charge in [-0.15, -0.1) is 0 Å². The molecule has 1 aliphatic carbocycles. The highest BCUT2D eigenvalue weighted by Gasteiger charge is 2.43. The van der Waals surface area contributed by atoms with Crippen LogP contribution < -0.4 is 5.32 Å². The minimum Gasteiger partial charge on any atom is -0.311 e. The molecule has 2 fully saturated rings. The van der Waals surface area contributed by atoms with E-state index in [0.717, 1.165) is 18.0 Å². The number of hydrogen-bond acceptors (Lipinski definition) is 1. The van der Waals surface area contributed by atoms with E-state index in [9.17, 15) is 0 Å². The Hall–Kier alpha value is -0.0400. The van der Waals surface area contributed by atoms with E-state index in [1.807, 2.05) is 0 Å². The zero-order chi connectivity index (χ0) is 4.85. The second-order valence-corrected chi connectivity index (χ2v) is 2.91. The van der Waals surface area contributed by atoms with Crippen LogP contribution in [0.5, 0.6) is 0 Å². The molecule has 1 heteroatoms. The molecule has 1 N–H and O–H groups in total. The lowest BCUT2D eigenvalue weighted by Gasteiger charge is -2.01. The molecule has 0 amide bonds. The third kappa shape index (κ3) is 0.480. The molecule has 40 valence electrons. The van der Waals surface area contributed by atoms with Crippen molar-refractivity contribution in [3.8, 4) is 0 Å². The molecule has 1 aliphatic heterocycles. The number of rotatable bonds is 0. The summed E-state index contributed by atoms with van der Waals surface area (Å²) >= 11 is 0. The van der Waals surface area contributed by atoms with Crippen LogP contribution in [0.2, 0.25) is 0 Å². The van der Waals surface area contributed by atoms with Crippen LogP contribution >= 0.6 is 0 Å². The summed E-state index contributed by atoms with van der Waals surface area (Å²) in [5, 5.41) is 3.49. The smallest absolute Gasteiger partial charge is 0.0102 e. The van der Waals surface area contributed by atoms with E-state index in [1.165, 1.54) is 12.8 Å². The lowest BCUT2D eigenvalue weighted by Crippen LogP contribution is -2.21. The van der Waals surface area contributed by atoms with Crippen LogP contribution in [0.25, 0.3) is 0 Å². The lowest BCUT2D eigenvalue weighted by molar-refractivity contribution is 0.584. The Balaban J connectivity index is 2.02. The highest BCUT2D eigenvalue weighted by molar-refractivity contribution is 5.01. The van der Waals surface area contributed by atoms with E-state index in [2.05, 4.69) is 12.2 Å². The van der Waals surface area contributed by atoms with Crippen LogP contribution in [0.15, 0.2) is 0 Å². The second-order valence-electron chi connectivity index (χ2n) is 2.91. The molecule has 3 atom stereocenters. The van der Waals surface area contributed by atoms with Crippen molar-refractivity contribution in [3.05, 3.63) is 0 Å². The SMILES string of the molecule is C[C@H]1CC2CC2N1. The minimum atomic E-state index is 0.823. The maximum Gasteiger partial charge on any atom is 0.0102 e. The number of fused-ring (bicyclic) bond motifs is 1. The molecule has 1 heterocycles. The molecule has 0 aromatic rings. The van der Waals surface area contributed by atoms with Gasteiger partial charge >= 0.3 is 0 Å². The summed E-state index contributed by atoms with van der Waals surface area (Å²) in [5.74, 6) is 1.08. The van der Waals surface area contributed by atoms with E-state index in [-0.39, 0.29) is 0 Å². The molecule has 0 bridgehead atoms. The van der Waals surface area contributed by atoms with Gasteiger partial charge in [0, 0.05) is 12.1 Å². The molecule has 0 aromatic carbocycles. The van der Waals surface area contributed by atoms with Gasteiger partial charge < -0.3 is 5.32 Å². The Morgan fingerprint density at radius 3 is 2.57 bits per heavy atom. The van der Waals surface area contributed by atoms with Crippen LogP contribution in [0.3, 0.4) is 0 Å². The van der Waals surface area contributed by atoms with Gasteiger partial charge in [-0.2, -0.15) is 0 Å². The first-order chi connectivity index (χ1) is 3.36. The van der Waals surface area contributed by atoms with Crippen LogP contribution in [-0.4, -0.2) is 12.1 Å². The first-order valence-corrected chi connectivity index (χ1v) is 3.12. The molecule has 2 rings (SSSR count). The molecule has 2 unspecified atom stereocenters. The zero-order valence-corrected chi connectivity index (χ0v) is 4.65. The van der Waals surface area contributed by atoms with Crippen molar-refractivity contribution in [2.75, 3.05) is 0 Å². The largest absolute Gasteiger partial charge is 0.311 e. The first-order valence-electron chi connectivity index (χ1n) is 3.12. The summed E-state index contributed by atoms with van der Waals surface area (Å²) in [6.45, 7) is 2.27. The zero-order valence-electron chi connectivity index (χ0n) is 4.65. The third-order valence-electron chi connectivity index (χ3n) is 2.08. The van der Waals surface area contributed by atoms with Gasteiger partial charge in [-0.1, -0.05) is 0 Å². The van der Waals surface area contributed by atoms with Gasteiger partial charge in [0.15, 0.2) is 0 Å². The summed E-state index contributed by atoms with van der Waals surface area (Å²) < 4.78 is 0. The Morgan fingerprint density at radius 2 is 2.29 bits per heavy atom. The average Bonchev–Trinajstić information content (AvgIpc) is 2.15. The normalized spacial score (nSPS) is 57.0. The lowest BCUT2D eigenvalue weighted by atomic mass is 10.2. The van der Waals surface area contributed by atoms with Crippen molar-refractivity contribution < 1.29 is 0 Å². The van der Waals surface area contributed by atoms with Crippen LogP contribution in [0, 0.1) is 5.92 Å². The second kappa shape index (κ2) is 1.03. The molecule has 0 radical (unpaired) electrons. The molecule has 0 aromatic heterocycles. The standard InChI is InChI=1S/C6H11N/c1-4-2-5-3-6(5)7-4/h4-7H,2-3H2,1H3/t4-,5?,6?/m0/s1. The molecule has 2 aliphatic rings. The van der Waals surface area contributed by atoms with Crippen molar-refractivity contribution in [3.63, 3.8) is 0 Å². The Labute approximate surface area is 44.1 Å². The highest BCUT2D eigenvalue weighted by atomic mass is 15.0. The van der Waals surface area contributed by atoms with Gasteiger partial charge in [0.2, 0.25) is 0 Å². The van der Waals surface area contributed by atoms with Crippen molar-refractivity contribution in [1.82, 2.24) is 5.32 Å². The van der Waals surface area contributed by atoms with Crippen molar-refractivity contribution in [2.24, 2.45) is 5.92 Å².